The van der Waals surface area contributed by atoms with E-state index in [0.717, 1.165) is 4.90 Å². The van der Waals surface area contributed by atoms with Crippen molar-refractivity contribution >= 4 is 29.1 Å². The summed E-state index contributed by atoms with van der Waals surface area (Å²) in [7, 11) is 0. The summed E-state index contributed by atoms with van der Waals surface area (Å²) in [5.74, 6) is -1.36. The first-order chi connectivity index (χ1) is 15.7. The highest BCUT2D eigenvalue weighted by molar-refractivity contribution is 6.21. The van der Waals surface area contributed by atoms with Crippen molar-refractivity contribution in [3.8, 4) is 0 Å². The molecule has 6 nitrogen and oxygen atoms in total. The number of benzene rings is 3. The van der Waals surface area contributed by atoms with E-state index >= 15 is 0 Å². The molecule has 0 atom stereocenters. The van der Waals surface area contributed by atoms with Crippen molar-refractivity contribution in [1.29, 1.82) is 0 Å². The molecular weight excluding hydrogens is 435 g/mol. The number of carbonyl (C=O) groups excluding carboxylic acids is 3. The van der Waals surface area contributed by atoms with Crippen LogP contribution in [-0.2, 0) is 6.54 Å². The van der Waals surface area contributed by atoms with Crippen LogP contribution < -0.4 is 10.6 Å². The normalized spacial score (nSPS) is 13.1. The van der Waals surface area contributed by atoms with Crippen LogP contribution in [0.4, 0.5) is 24.5 Å². The van der Waals surface area contributed by atoms with Gasteiger partial charge in [0.15, 0.2) is 0 Å². The van der Waals surface area contributed by atoms with Crippen molar-refractivity contribution in [2.24, 2.45) is 0 Å². The lowest BCUT2D eigenvalue weighted by Crippen LogP contribution is -2.29. The largest absolute Gasteiger partial charge is 0.405 e. The minimum atomic E-state index is -4.41. The van der Waals surface area contributed by atoms with Gasteiger partial charge in [0.05, 0.1) is 29.0 Å². The van der Waals surface area contributed by atoms with Crippen LogP contribution in [0.3, 0.4) is 0 Å². The number of halogens is 3. The maximum atomic E-state index is 12.8. The molecule has 1 aliphatic heterocycles. The Morgan fingerprint density at radius 3 is 2.06 bits per heavy atom. The number of anilines is 2. The predicted molar refractivity (Wildman–Crippen MR) is 116 cm³/mol. The van der Waals surface area contributed by atoms with Gasteiger partial charge >= 0.3 is 6.18 Å². The Morgan fingerprint density at radius 1 is 0.818 bits per heavy atom. The van der Waals surface area contributed by atoms with E-state index in [-0.39, 0.29) is 23.5 Å². The van der Waals surface area contributed by atoms with Gasteiger partial charge in [-0.05, 0) is 42.0 Å². The number of nitrogens with one attached hydrogen (secondary N) is 2. The first-order valence-corrected chi connectivity index (χ1v) is 9.98. The number of nitrogens with zero attached hydrogens (tertiary/aromatic N) is 1. The molecule has 3 aromatic rings. The quantitative estimate of drug-likeness (QED) is 0.530. The van der Waals surface area contributed by atoms with E-state index in [1.54, 1.807) is 48.5 Å². The van der Waals surface area contributed by atoms with Crippen LogP contribution in [0, 0.1) is 0 Å². The minimum Gasteiger partial charge on any atom is -0.375 e. The SMILES string of the molecule is O=C(Nc1ccccc1NCC(F)(F)F)c1cccc(CN2C(=O)c3ccccc3C2=O)c1. The number of para-hydroxylation sites is 2. The van der Waals surface area contributed by atoms with Gasteiger partial charge in [0.25, 0.3) is 17.7 Å². The summed E-state index contributed by atoms with van der Waals surface area (Å²) in [5.41, 5.74) is 1.77. The van der Waals surface area contributed by atoms with Crippen molar-refractivity contribution in [3.05, 3.63) is 95.1 Å². The van der Waals surface area contributed by atoms with E-state index in [4.69, 9.17) is 0 Å². The van der Waals surface area contributed by atoms with Gasteiger partial charge in [-0.2, -0.15) is 13.2 Å². The predicted octanol–water partition coefficient (Wildman–Crippen LogP) is 4.71. The molecule has 0 radical (unpaired) electrons. The highest BCUT2D eigenvalue weighted by Crippen LogP contribution is 2.26. The number of rotatable bonds is 6. The molecule has 0 spiro atoms. The number of hydrogen-bond donors (Lipinski definition) is 2. The molecule has 0 saturated heterocycles. The Morgan fingerprint density at radius 2 is 1.42 bits per heavy atom. The summed E-state index contributed by atoms with van der Waals surface area (Å²) < 4.78 is 37.7. The zero-order valence-electron chi connectivity index (χ0n) is 17.1. The van der Waals surface area contributed by atoms with E-state index in [2.05, 4.69) is 10.6 Å². The molecule has 0 aromatic heterocycles. The number of amides is 3. The fourth-order valence-electron chi connectivity index (χ4n) is 3.51. The van der Waals surface area contributed by atoms with Crippen molar-refractivity contribution in [1.82, 2.24) is 4.90 Å². The Bertz CT molecular complexity index is 1210. The minimum absolute atomic E-state index is 0.0167. The molecule has 0 saturated carbocycles. The summed E-state index contributed by atoms with van der Waals surface area (Å²) in [5, 5.41) is 4.87. The average molecular weight is 453 g/mol. The monoisotopic (exact) mass is 453 g/mol. The van der Waals surface area contributed by atoms with Crippen LogP contribution in [0.1, 0.15) is 36.6 Å². The third kappa shape index (κ3) is 4.87. The maximum absolute atomic E-state index is 12.8. The number of fused-ring (bicyclic) bond motifs is 1. The van der Waals surface area contributed by atoms with E-state index in [0.29, 0.717) is 16.7 Å². The van der Waals surface area contributed by atoms with Gasteiger partial charge in [0.1, 0.15) is 6.54 Å². The Balaban J connectivity index is 1.49. The maximum Gasteiger partial charge on any atom is 0.405 e. The molecule has 33 heavy (non-hydrogen) atoms. The fraction of sp³-hybridized carbons (Fsp3) is 0.125. The summed E-state index contributed by atoms with van der Waals surface area (Å²) >= 11 is 0. The lowest BCUT2D eigenvalue weighted by molar-refractivity contribution is -0.115. The smallest absolute Gasteiger partial charge is 0.375 e. The molecule has 3 amide bonds. The lowest BCUT2D eigenvalue weighted by atomic mass is 10.1. The molecule has 0 fully saturated rings. The Kier molecular flexibility index (Phi) is 5.87. The molecule has 2 N–H and O–H groups in total. The molecule has 4 rings (SSSR count). The van der Waals surface area contributed by atoms with Crippen LogP contribution in [0.25, 0.3) is 0 Å². The van der Waals surface area contributed by atoms with Gasteiger partial charge in [0, 0.05) is 5.56 Å². The van der Waals surface area contributed by atoms with Crippen molar-refractivity contribution < 1.29 is 27.6 Å². The highest BCUT2D eigenvalue weighted by atomic mass is 19.4. The highest BCUT2D eigenvalue weighted by Gasteiger charge is 2.35. The lowest BCUT2D eigenvalue weighted by Gasteiger charge is -2.16. The van der Waals surface area contributed by atoms with Crippen LogP contribution >= 0.6 is 0 Å². The second kappa shape index (κ2) is 8.78. The van der Waals surface area contributed by atoms with E-state index < -0.39 is 30.4 Å². The number of imide groups is 1. The van der Waals surface area contributed by atoms with Gasteiger partial charge in [-0.15, -0.1) is 0 Å². The first kappa shape index (κ1) is 22.1. The zero-order chi connectivity index (χ0) is 23.6. The van der Waals surface area contributed by atoms with Crippen LogP contribution in [0.15, 0.2) is 72.8 Å². The number of hydrogen-bond acceptors (Lipinski definition) is 4. The topological polar surface area (TPSA) is 78.5 Å². The number of carbonyl (C=O) groups is 3. The van der Waals surface area contributed by atoms with E-state index in [1.807, 2.05) is 0 Å². The zero-order valence-corrected chi connectivity index (χ0v) is 17.1. The molecule has 0 unspecified atom stereocenters. The van der Waals surface area contributed by atoms with Crippen LogP contribution in [0.2, 0.25) is 0 Å². The van der Waals surface area contributed by atoms with Gasteiger partial charge in [-0.1, -0.05) is 36.4 Å². The molecular formula is C24H18F3N3O3. The van der Waals surface area contributed by atoms with Gasteiger partial charge in [0.2, 0.25) is 0 Å². The third-order valence-electron chi connectivity index (χ3n) is 5.06. The van der Waals surface area contributed by atoms with E-state index in [9.17, 15) is 27.6 Å². The molecule has 3 aromatic carbocycles. The van der Waals surface area contributed by atoms with Crippen LogP contribution in [0.5, 0.6) is 0 Å². The van der Waals surface area contributed by atoms with Crippen LogP contribution in [-0.4, -0.2) is 35.3 Å². The van der Waals surface area contributed by atoms with E-state index in [1.165, 1.54) is 24.3 Å². The summed E-state index contributed by atoms with van der Waals surface area (Å²) in [6, 6.07) is 18.9. The Labute approximate surface area is 187 Å². The van der Waals surface area contributed by atoms with Crippen molar-refractivity contribution in [2.45, 2.75) is 12.7 Å². The van der Waals surface area contributed by atoms with Gasteiger partial charge < -0.3 is 10.6 Å². The first-order valence-electron chi connectivity index (χ1n) is 9.98. The number of alkyl halides is 3. The molecule has 168 valence electrons. The van der Waals surface area contributed by atoms with Gasteiger partial charge in [-0.3, -0.25) is 19.3 Å². The summed E-state index contributed by atoms with van der Waals surface area (Å²) in [4.78, 5) is 39.0. The summed E-state index contributed by atoms with van der Waals surface area (Å²) in [6.45, 7) is -1.26. The molecule has 9 heteroatoms. The molecule has 1 aliphatic rings. The van der Waals surface area contributed by atoms with Crippen molar-refractivity contribution in [3.63, 3.8) is 0 Å². The second-order valence-corrected chi connectivity index (χ2v) is 7.41. The molecule has 1 heterocycles. The fourth-order valence-corrected chi connectivity index (χ4v) is 3.51. The summed E-state index contributed by atoms with van der Waals surface area (Å²) in [6.07, 6.45) is -4.41. The van der Waals surface area contributed by atoms with Crippen molar-refractivity contribution in [2.75, 3.05) is 17.2 Å². The standard InChI is InChI=1S/C24H18F3N3O3/c25-24(26,27)14-28-19-10-3-4-11-20(19)29-21(31)16-7-5-6-15(12-16)13-30-22(32)17-8-1-2-9-18(17)23(30)33/h1-12,28H,13-14H2,(H,29,31). The van der Waals surface area contributed by atoms with Gasteiger partial charge in [-0.25, -0.2) is 0 Å². The molecule has 0 aliphatic carbocycles. The Hall–Kier alpha value is -4.14. The second-order valence-electron chi connectivity index (χ2n) is 7.41. The molecule has 0 bridgehead atoms. The third-order valence-corrected chi connectivity index (χ3v) is 5.06. The average Bonchev–Trinajstić information content (AvgIpc) is 3.03.